The first kappa shape index (κ1) is 20.6. The van der Waals surface area contributed by atoms with Crippen molar-refractivity contribution in [2.24, 2.45) is 0 Å². The fourth-order valence-corrected chi connectivity index (χ4v) is 3.61. The van der Waals surface area contributed by atoms with E-state index in [9.17, 15) is 13.4 Å². The van der Waals surface area contributed by atoms with Crippen LogP contribution in [-0.2, 0) is 48.7 Å². The first-order valence-electron chi connectivity index (χ1n) is 7.04. The van der Waals surface area contributed by atoms with Crippen molar-refractivity contribution in [1.29, 1.82) is 0 Å². The number of hydrogen-bond donors (Lipinski definition) is 3. The number of benzene rings is 1. The molecule has 1 fully saturated rings. The van der Waals surface area contributed by atoms with Crippen molar-refractivity contribution < 1.29 is 46.1 Å². The Labute approximate surface area is 176 Å². The fraction of sp³-hybridized carbons (Fsp3) is 0.286. The van der Waals surface area contributed by atoms with Crippen LogP contribution < -0.4 is 10.0 Å². The maximum atomic E-state index is 13.2. The van der Waals surface area contributed by atoms with Gasteiger partial charge in [0.05, 0.1) is 5.02 Å². The molecule has 0 bridgehead atoms. The van der Waals surface area contributed by atoms with Crippen molar-refractivity contribution in [3.05, 3.63) is 47.3 Å². The minimum Gasteiger partial charge on any atom is -0.441 e. The van der Waals surface area contributed by atoms with Crippen LogP contribution in [-0.4, -0.2) is 37.5 Å². The van der Waals surface area contributed by atoms with Gasteiger partial charge in [0.2, 0.25) is 5.91 Å². The molecule has 0 aliphatic carbocycles. The summed E-state index contributed by atoms with van der Waals surface area (Å²) >= 11 is 4.16. The normalized spacial score (nSPS) is 23.7. The van der Waals surface area contributed by atoms with E-state index in [4.69, 9.17) is 11.6 Å². The summed E-state index contributed by atoms with van der Waals surface area (Å²) in [7, 11) is 1.58. The quantitative estimate of drug-likeness (QED) is 0.609. The molecule has 11 heteroatoms. The zero-order valence-electron chi connectivity index (χ0n) is 13.1. The number of amides is 1. The van der Waals surface area contributed by atoms with Crippen LogP contribution in [0.25, 0.3) is 0 Å². The number of anilines is 1. The van der Waals surface area contributed by atoms with E-state index in [1.165, 1.54) is 28.7 Å². The van der Waals surface area contributed by atoms with Crippen LogP contribution in [0.3, 0.4) is 0 Å². The molecular weight excluding hydrogens is 446 g/mol. The van der Waals surface area contributed by atoms with E-state index in [0.29, 0.717) is 17.9 Å². The number of imidazole rings is 1. The van der Waals surface area contributed by atoms with Crippen molar-refractivity contribution in [3.63, 3.8) is 0 Å². The molecular formula is C14H14ClFN5O2SY-. The Balaban J connectivity index is 0.00000225. The van der Waals surface area contributed by atoms with Gasteiger partial charge in [-0.15, -0.1) is 6.20 Å². The van der Waals surface area contributed by atoms with Crippen LogP contribution in [0.4, 0.5) is 10.1 Å². The van der Waals surface area contributed by atoms with Gasteiger partial charge in [-0.05, 0) is 30.4 Å². The second-order valence-corrected chi connectivity index (χ2v) is 6.97. The van der Waals surface area contributed by atoms with Gasteiger partial charge in [-0.3, -0.25) is 4.79 Å². The molecule has 1 saturated heterocycles. The molecule has 2 heterocycles. The number of rotatable bonds is 3. The molecule has 3 unspecified atom stereocenters. The standard InChI is InChI=1S/C14H14ClFN5O2S.Y/c1-21-12(7-11(20-24(21)23)13-17-4-5-18-13)14(22)19-8-2-3-10(16)9(15)6-8;/h2-4,6,11-12,20H,7H2,1H3,(H,17,18)(H,19,22);/q-1;. The van der Waals surface area contributed by atoms with E-state index in [1.807, 2.05) is 0 Å². The Hall–Kier alpha value is -0.706. The minimum atomic E-state index is -1.55. The van der Waals surface area contributed by atoms with Crippen LogP contribution >= 0.6 is 11.6 Å². The maximum absolute atomic E-state index is 13.2. The van der Waals surface area contributed by atoms with Crippen LogP contribution in [0, 0.1) is 12.0 Å². The zero-order chi connectivity index (χ0) is 17.3. The topological polar surface area (TPSA) is 90.1 Å². The van der Waals surface area contributed by atoms with Gasteiger partial charge in [0.1, 0.15) is 11.9 Å². The van der Waals surface area contributed by atoms with E-state index >= 15 is 0 Å². The van der Waals surface area contributed by atoms with Gasteiger partial charge < -0.3 is 15.3 Å². The van der Waals surface area contributed by atoms with Crippen LogP contribution in [0.2, 0.25) is 5.02 Å². The minimum absolute atomic E-state index is 0. The monoisotopic (exact) mass is 459 g/mol. The number of H-pyrrole nitrogens is 1. The van der Waals surface area contributed by atoms with E-state index in [-0.39, 0.29) is 49.7 Å². The third kappa shape index (κ3) is 4.72. The van der Waals surface area contributed by atoms with Crippen LogP contribution in [0.5, 0.6) is 0 Å². The number of carbonyl (C=O) groups excluding carboxylic acids is 1. The number of aromatic amines is 1. The summed E-state index contributed by atoms with van der Waals surface area (Å²) < 4.78 is 29.7. The van der Waals surface area contributed by atoms with Gasteiger partial charge in [-0.2, -0.15) is 0 Å². The number of hydrogen-bond acceptors (Lipinski definition) is 3. The van der Waals surface area contributed by atoms with Crippen molar-refractivity contribution in [3.8, 4) is 0 Å². The third-order valence-corrected chi connectivity index (χ3v) is 5.25. The Morgan fingerprint density at radius 2 is 2.32 bits per heavy atom. The summed E-state index contributed by atoms with van der Waals surface area (Å²) in [6.45, 7) is 0. The molecule has 1 aromatic heterocycles. The Bertz CT molecular complexity index is 779. The molecule has 1 aliphatic rings. The summed E-state index contributed by atoms with van der Waals surface area (Å²) in [6, 6.07) is 2.87. The summed E-state index contributed by atoms with van der Waals surface area (Å²) in [5.74, 6) is -0.376. The number of halogens is 2. The number of aromatic nitrogens is 2. The van der Waals surface area contributed by atoms with Crippen LogP contribution in [0.15, 0.2) is 24.4 Å². The van der Waals surface area contributed by atoms with E-state index < -0.39 is 23.0 Å². The Morgan fingerprint density at radius 3 is 2.96 bits per heavy atom. The van der Waals surface area contributed by atoms with E-state index in [2.05, 4.69) is 26.2 Å². The largest absolute Gasteiger partial charge is 0.441 e. The zero-order valence-corrected chi connectivity index (χ0v) is 17.5. The predicted molar refractivity (Wildman–Crippen MR) is 87.7 cm³/mol. The molecule has 131 valence electrons. The summed E-state index contributed by atoms with van der Waals surface area (Å²) in [5.41, 5.74) is 0.368. The van der Waals surface area contributed by atoms with Crippen molar-refractivity contribution in [2.75, 3.05) is 12.4 Å². The smallest absolute Gasteiger partial charge is 0.242 e. The molecule has 25 heavy (non-hydrogen) atoms. The van der Waals surface area contributed by atoms with Gasteiger partial charge in [-0.25, -0.2) is 17.6 Å². The van der Waals surface area contributed by atoms with Gasteiger partial charge in [0, 0.05) is 51.5 Å². The summed E-state index contributed by atoms with van der Waals surface area (Å²) in [4.78, 5) is 19.4. The van der Waals surface area contributed by atoms with Gasteiger partial charge in [0.25, 0.3) is 0 Å². The first-order valence-corrected chi connectivity index (χ1v) is 8.52. The molecule has 0 spiro atoms. The SMILES string of the molecule is CN1C(C(=O)Nc2ccc(F)c(Cl)c2)CC(c2n[c-]c[nH]2)NS1=O.[Y]. The average Bonchev–Trinajstić information content (AvgIpc) is 3.08. The van der Waals surface area contributed by atoms with Crippen LogP contribution in [0.1, 0.15) is 18.3 Å². The van der Waals surface area contributed by atoms with Gasteiger partial charge in [-0.1, -0.05) is 17.8 Å². The maximum Gasteiger partial charge on any atom is 0.242 e. The van der Waals surface area contributed by atoms with E-state index in [1.54, 1.807) is 7.05 Å². The summed E-state index contributed by atoms with van der Waals surface area (Å²) in [5, 5.41) is 2.58. The molecule has 3 atom stereocenters. The fourth-order valence-electron chi connectivity index (χ4n) is 2.40. The third-order valence-electron chi connectivity index (χ3n) is 3.69. The number of nitrogens with zero attached hydrogens (tertiary/aromatic N) is 2. The Morgan fingerprint density at radius 1 is 1.56 bits per heavy atom. The second kappa shape index (κ2) is 8.79. The van der Waals surface area contributed by atoms with Crippen molar-refractivity contribution >= 4 is 34.4 Å². The molecule has 7 nitrogen and oxygen atoms in total. The molecule has 3 rings (SSSR count). The summed E-state index contributed by atoms with van der Waals surface area (Å²) in [6.07, 6.45) is 4.53. The number of nitrogens with one attached hydrogen (secondary N) is 3. The predicted octanol–water partition coefficient (Wildman–Crippen LogP) is 1.55. The molecule has 1 aromatic carbocycles. The molecule has 0 saturated carbocycles. The number of carbonyl (C=O) groups is 1. The first-order chi connectivity index (χ1) is 11.5. The number of likely N-dealkylation sites (N-methyl/N-ethyl adjacent to an activating group) is 1. The van der Waals surface area contributed by atoms with Crippen molar-refractivity contribution in [1.82, 2.24) is 19.0 Å². The molecule has 2 aromatic rings. The molecule has 3 N–H and O–H groups in total. The second-order valence-electron chi connectivity index (χ2n) is 5.25. The average molecular weight is 460 g/mol. The molecule has 1 aliphatic heterocycles. The van der Waals surface area contributed by atoms with Gasteiger partial charge >= 0.3 is 0 Å². The molecule has 1 radical (unpaired) electrons. The van der Waals surface area contributed by atoms with Crippen molar-refractivity contribution in [2.45, 2.75) is 18.5 Å². The van der Waals surface area contributed by atoms with E-state index in [0.717, 1.165) is 0 Å². The molecule has 1 amide bonds. The Kier molecular flexibility index (Phi) is 7.24. The van der Waals surface area contributed by atoms with Gasteiger partial charge in [0.15, 0.2) is 11.2 Å².